The molecular formula is C26H28N4O2S. The second-order valence-corrected chi connectivity index (χ2v) is 9.76. The molecule has 170 valence electrons. The zero-order valence-corrected chi connectivity index (χ0v) is 20.0. The second kappa shape index (κ2) is 10.1. The van der Waals surface area contributed by atoms with Crippen molar-refractivity contribution in [3.8, 4) is 11.3 Å². The maximum atomic E-state index is 13.3. The van der Waals surface area contributed by atoms with Crippen LogP contribution < -0.4 is 4.90 Å². The lowest BCUT2D eigenvalue weighted by Crippen LogP contribution is -2.33. The summed E-state index contributed by atoms with van der Waals surface area (Å²) in [7, 11) is 0. The number of amides is 1. The van der Waals surface area contributed by atoms with Gasteiger partial charge in [0.25, 0.3) is 0 Å². The van der Waals surface area contributed by atoms with Crippen LogP contribution in [0.5, 0.6) is 0 Å². The number of thiazole rings is 1. The van der Waals surface area contributed by atoms with Gasteiger partial charge >= 0.3 is 0 Å². The summed E-state index contributed by atoms with van der Waals surface area (Å²) in [6.07, 6.45) is 1.43. The Balaban J connectivity index is 1.50. The molecular weight excluding hydrogens is 432 g/mol. The summed E-state index contributed by atoms with van der Waals surface area (Å²) in [5.74, 6) is 1.13. The fraction of sp³-hybridized carbons (Fsp3) is 0.308. The smallest absolute Gasteiger partial charge is 0.229 e. The summed E-state index contributed by atoms with van der Waals surface area (Å²) in [4.78, 5) is 24.3. The van der Waals surface area contributed by atoms with E-state index in [1.807, 2.05) is 74.7 Å². The Kier molecular flexibility index (Phi) is 6.99. The maximum Gasteiger partial charge on any atom is 0.229 e. The van der Waals surface area contributed by atoms with Crippen molar-refractivity contribution in [2.24, 2.45) is 0 Å². The van der Waals surface area contributed by atoms with Crippen molar-refractivity contribution < 1.29 is 9.32 Å². The summed E-state index contributed by atoms with van der Waals surface area (Å²) in [5.41, 5.74) is 2.90. The quantitative estimate of drug-likeness (QED) is 0.337. The molecule has 6 nitrogen and oxygen atoms in total. The van der Waals surface area contributed by atoms with Crippen molar-refractivity contribution in [2.75, 3.05) is 11.4 Å². The van der Waals surface area contributed by atoms with E-state index in [-0.39, 0.29) is 17.7 Å². The van der Waals surface area contributed by atoms with Crippen LogP contribution in [-0.2, 0) is 23.1 Å². The van der Waals surface area contributed by atoms with E-state index >= 15 is 0 Å². The van der Waals surface area contributed by atoms with Crippen LogP contribution >= 0.6 is 11.3 Å². The molecule has 7 heteroatoms. The average Bonchev–Trinajstić information content (AvgIpc) is 3.49. The molecule has 33 heavy (non-hydrogen) atoms. The van der Waals surface area contributed by atoms with E-state index in [1.54, 1.807) is 4.90 Å². The number of aryl methyl sites for hydroxylation is 1. The Morgan fingerprint density at radius 2 is 1.67 bits per heavy atom. The van der Waals surface area contributed by atoms with Gasteiger partial charge in [0.2, 0.25) is 11.8 Å². The molecule has 0 unspecified atom stereocenters. The Morgan fingerprint density at radius 3 is 2.33 bits per heavy atom. The fourth-order valence-electron chi connectivity index (χ4n) is 3.35. The Morgan fingerprint density at radius 1 is 0.970 bits per heavy atom. The van der Waals surface area contributed by atoms with Crippen molar-refractivity contribution in [3.63, 3.8) is 0 Å². The number of rotatable bonds is 8. The summed E-state index contributed by atoms with van der Waals surface area (Å²) in [6, 6.07) is 20.2. The molecule has 0 radical (unpaired) electrons. The summed E-state index contributed by atoms with van der Waals surface area (Å²) in [5, 5.41) is 6.77. The highest BCUT2D eigenvalue weighted by Crippen LogP contribution is 2.28. The second-order valence-electron chi connectivity index (χ2n) is 8.92. The Labute approximate surface area is 198 Å². The molecule has 0 aliphatic carbocycles. The van der Waals surface area contributed by atoms with Crippen molar-refractivity contribution in [1.29, 1.82) is 0 Å². The number of nitrogens with zero attached hydrogens (tertiary/aromatic N) is 4. The van der Waals surface area contributed by atoms with E-state index in [4.69, 9.17) is 9.51 Å². The molecule has 4 rings (SSSR count). The molecule has 2 aromatic carbocycles. The van der Waals surface area contributed by atoms with E-state index in [0.29, 0.717) is 29.8 Å². The first-order valence-corrected chi connectivity index (χ1v) is 12.0. The summed E-state index contributed by atoms with van der Waals surface area (Å²) in [6.45, 7) is 6.66. The predicted octanol–water partition coefficient (Wildman–Crippen LogP) is 5.70. The van der Waals surface area contributed by atoms with Crippen LogP contribution in [0.3, 0.4) is 0 Å². The normalized spacial score (nSPS) is 11.5. The number of hydrogen-bond acceptors (Lipinski definition) is 6. The van der Waals surface area contributed by atoms with Gasteiger partial charge in [0.1, 0.15) is 0 Å². The third-order valence-electron chi connectivity index (χ3n) is 5.25. The number of carbonyl (C=O) groups is 1. The van der Waals surface area contributed by atoms with Crippen molar-refractivity contribution in [3.05, 3.63) is 83.3 Å². The topological polar surface area (TPSA) is 72.1 Å². The van der Waals surface area contributed by atoms with E-state index < -0.39 is 0 Å². The van der Waals surface area contributed by atoms with Gasteiger partial charge in [-0.1, -0.05) is 86.6 Å². The molecule has 2 heterocycles. The van der Waals surface area contributed by atoms with Gasteiger partial charge in [0, 0.05) is 35.7 Å². The van der Waals surface area contributed by atoms with Crippen LogP contribution in [0.2, 0.25) is 0 Å². The number of anilines is 1. The van der Waals surface area contributed by atoms with Crippen LogP contribution in [-0.4, -0.2) is 27.6 Å². The van der Waals surface area contributed by atoms with Gasteiger partial charge in [-0.3, -0.25) is 9.69 Å². The molecule has 0 saturated heterocycles. The first-order valence-electron chi connectivity index (χ1n) is 11.1. The highest BCUT2D eigenvalue weighted by Gasteiger charge is 2.23. The number of benzene rings is 2. The summed E-state index contributed by atoms with van der Waals surface area (Å²) < 4.78 is 5.37. The third-order valence-corrected chi connectivity index (χ3v) is 6.12. The van der Waals surface area contributed by atoms with E-state index in [0.717, 1.165) is 17.7 Å². The Bertz CT molecular complexity index is 1180. The van der Waals surface area contributed by atoms with Gasteiger partial charge in [0.15, 0.2) is 11.0 Å². The Hall–Kier alpha value is -3.32. The molecule has 0 aliphatic rings. The number of aromatic nitrogens is 3. The number of carbonyl (C=O) groups excluding carboxylic acids is 1. The van der Waals surface area contributed by atoms with Crippen LogP contribution in [0, 0.1) is 0 Å². The van der Waals surface area contributed by atoms with Gasteiger partial charge in [0.05, 0.1) is 5.69 Å². The fourth-order valence-corrected chi connectivity index (χ4v) is 4.23. The van der Waals surface area contributed by atoms with E-state index in [9.17, 15) is 4.79 Å². The average molecular weight is 461 g/mol. The zero-order chi connectivity index (χ0) is 23.3. The summed E-state index contributed by atoms with van der Waals surface area (Å²) >= 11 is 1.49. The van der Waals surface area contributed by atoms with Crippen molar-refractivity contribution in [2.45, 2.75) is 45.4 Å². The minimum atomic E-state index is -0.192. The van der Waals surface area contributed by atoms with E-state index in [1.165, 1.54) is 16.9 Å². The molecule has 0 aliphatic heterocycles. The lowest BCUT2D eigenvalue weighted by Gasteiger charge is -2.20. The van der Waals surface area contributed by atoms with Crippen LogP contribution in [0.15, 0.2) is 70.6 Å². The van der Waals surface area contributed by atoms with Crippen LogP contribution in [0.25, 0.3) is 11.3 Å². The van der Waals surface area contributed by atoms with Crippen molar-refractivity contribution in [1.82, 2.24) is 15.1 Å². The van der Waals surface area contributed by atoms with Gasteiger partial charge in [-0.25, -0.2) is 4.98 Å². The molecule has 0 N–H and O–H groups in total. The standard InChI is InChI=1S/C26H28N4O2S/c1-26(2,3)24-28-22(32-29-24)14-15-23(31)30(17-16-19-10-6-4-7-11-19)25-27-21(18-33-25)20-12-8-5-9-13-20/h4-13,18H,14-17H2,1-3H3. The first kappa shape index (κ1) is 22.9. The van der Waals surface area contributed by atoms with Gasteiger partial charge in [-0.2, -0.15) is 4.98 Å². The van der Waals surface area contributed by atoms with Gasteiger partial charge in [-0.05, 0) is 12.0 Å². The minimum Gasteiger partial charge on any atom is -0.339 e. The zero-order valence-electron chi connectivity index (χ0n) is 19.2. The number of hydrogen-bond donors (Lipinski definition) is 0. The molecule has 0 fully saturated rings. The molecule has 1 amide bonds. The van der Waals surface area contributed by atoms with Crippen molar-refractivity contribution >= 4 is 22.4 Å². The molecule has 4 aromatic rings. The maximum absolute atomic E-state index is 13.3. The molecule has 0 bridgehead atoms. The first-order chi connectivity index (χ1) is 15.9. The SMILES string of the molecule is CC(C)(C)c1noc(CCC(=O)N(CCc2ccccc2)c2nc(-c3ccccc3)cs2)n1. The van der Waals surface area contributed by atoms with Crippen LogP contribution in [0.1, 0.15) is 44.5 Å². The van der Waals surface area contributed by atoms with E-state index in [2.05, 4.69) is 22.3 Å². The monoisotopic (exact) mass is 460 g/mol. The lowest BCUT2D eigenvalue weighted by atomic mass is 9.96. The minimum absolute atomic E-state index is 0.00426. The molecule has 0 saturated carbocycles. The van der Waals surface area contributed by atoms with Crippen LogP contribution in [0.4, 0.5) is 5.13 Å². The highest BCUT2D eigenvalue weighted by molar-refractivity contribution is 7.14. The predicted molar refractivity (Wildman–Crippen MR) is 131 cm³/mol. The van der Waals surface area contributed by atoms with Gasteiger partial charge in [-0.15, -0.1) is 11.3 Å². The largest absolute Gasteiger partial charge is 0.339 e. The third kappa shape index (κ3) is 5.93. The molecule has 0 atom stereocenters. The molecule has 2 aromatic heterocycles. The molecule has 0 spiro atoms. The van der Waals surface area contributed by atoms with Gasteiger partial charge < -0.3 is 4.52 Å². The lowest BCUT2D eigenvalue weighted by molar-refractivity contribution is -0.118. The highest BCUT2D eigenvalue weighted by atomic mass is 32.1.